The summed E-state index contributed by atoms with van der Waals surface area (Å²) >= 11 is 9.27. The van der Waals surface area contributed by atoms with Crippen LogP contribution >= 0.6 is 27.5 Å². The fourth-order valence-electron chi connectivity index (χ4n) is 2.59. The van der Waals surface area contributed by atoms with Gasteiger partial charge in [-0.3, -0.25) is 4.79 Å². The summed E-state index contributed by atoms with van der Waals surface area (Å²) in [6.07, 6.45) is 3.23. The Hall–Kier alpha value is -0.430. The standard InChI is InChI=1S/C14H17BrClNO3S/c1-21(19,20)17-4-2-3-10(9-17)5-14(18)11-6-12(15)8-13(16)7-11/h6-8,10H,2-5,9H2,1H3. The predicted molar refractivity (Wildman–Crippen MR) is 87.2 cm³/mol. The second-order valence-electron chi connectivity index (χ2n) is 5.41. The number of Topliss-reactive ketones (excluding diaryl/α,β-unsaturated/α-hetero) is 1. The van der Waals surface area contributed by atoms with E-state index in [4.69, 9.17) is 11.6 Å². The van der Waals surface area contributed by atoms with Gasteiger partial charge in [0.25, 0.3) is 0 Å². The van der Waals surface area contributed by atoms with Gasteiger partial charge in [0.15, 0.2) is 5.78 Å². The molecule has 1 heterocycles. The van der Waals surface area contributed by atoms with Crippen molar-refractivity contribution in [2.75, 3.05) is 19.3 Å². The van der Waals surface area contributed by atoms with E-state index in [1.54, 1.807) is 18.2 Å². The third kappa shape index (κ3) is 4.77. The number of sulfonamides is 1. The topological polar surface area (TPSA) is 54.5 Å². The second kappa shape index (κ2) is 6.77. The molecule has 1 saturated heterocycles. The predicted octanol–water partition coefficient (Wildman–Crippen LogP) is 3.35. The number of piperidine rings is 1. The van der Waals surface area contributed by atoms with Gasteiger partial charge in [-0.25, -0.2) is 12.7 Å². The van der Waals surface area contributed by atoms with Crippen LogP contribution in [-0.2, 0) is 10.0 Å². The van der Waals surface area contributed by atoms with Crippen LogP contribution in [0.25, 0.3) is 0 Å². The van der Waals surface area contributed by atoms with Crippen LogP contribution < -0.4 is 0 Å². The van der Waals surface area contributed by atoms with E-state index in [0.29, 0.717) is 30.1 Å². The molecule has 0 bridgehead atoms. The van der Waals surface area contributed by atoms with Gasteiger partial charge in [0.2, 0.25) is 10.0 Å². The number of rotatable bonds is 4. The van der Waals surface area contributed by atoms with Crippen LogP contribution in [0.1, 0.15) is 29.6 Å². The van der Waals surface area contributed by atoms with Gasteiger partial charge in [0.05, 0.1) is 6.26 Å². The lowest BCUT2D eigenvalue weighted by atomic mass is 9.92. The Morgan fingerprint density at radius 1 is 1.43 bits per heavy atom. The van der Waals surface area contributed by atoms with Crippen molar-refractivity contribution in [1.82, 2.24) is 4.31 Å². The van der Waals surface area contributed by atoms with Crippen LogP contribution in [0.5, 0.6) is 0 Å². The van der Waals surface area contributed by atoms with Crippen LogP contribution in [0.4, 0.5) is 0 Å². The largest absolute Gasteiger partial charge is 0.294 e. The number of benzene rings is 1. The highest BCUT2D eigenvalue weighted by atomic mass is 79.9. The van der Waals surface area contributed by atoms with Crippen molar-refractivity contribution in [1.29, 1.82) is 0 Å². The highest BCUT2D eigenvalue weighted by molar-refractivity contribution is 9.10. The van der Waals surface area contributed by atoms with Crippen LogP contribution in [0.15, 0.2) is 22.7 Å². The third-order valence-electron chi connectivity index (χ3n) is 3.61. The van der Waals surface area contributed by atoms with Gasteiger partial charge in [-0.1, -0.05) is 27.5 Å². The van der Waals surface area contributed by atoms with E-state index in [2.05, 4.69) is 15.9 Å². The van der Waals surface area contributed by atoms with Crippen molar-refractivity contribution >= 4 is 43.3 Å². The highest BCUT2D eigenvalue weighted by Crippen LogP contribution is 2.25. The minimum atomic E-state index is -3.18. The molecule has 1 aromatic rings. The molecule has 1 aromatic carbocycles. The molecular formula is C14H17BrClNO3S. The Morgan fingerprint density at radius 2 is 2.14 bits per heavy atom. The van der Waals surface area contributed by atoms with E-state index in [9.17, 15) is 13.2 Å². The molecule has 0 spiro atoms. The van der Waals surface area contributed by atoms with E-state index in [-0.39, 0.29) is 11.7 Å². The lowest BCUT2D eigenvalue weighted by molar-refractivity contribution is 0.0942. The molecule has 1 atom stereocenters. The van der Waals surface area contributed by atoms with Gasteiger partial charge < -0.3 is 0 Å². The molecule has 1 fully saturated rings. The molecule has 4 nitrogen and oxygen atoms in total. The zero-order valence-corrected chi connectivity index (χ0v) is 14.8. The summed E-state index contributed by atoms with van der Waals surface area (Å²) in [7, 11) is -3.18. The average molecular weight is 395 g/mol. The van der Waals surface area contributed by atoms with Crippen molar-refractivity contribution in [3.63, 3.8) is 0 Å². The molecule has 0 aliphatic carbocycles. The van der Waals surface area contributed by atoms with Gasteiger partial charge in [-0.15, -0.1) is 0 Å². The number of nitrogens with zero attached hydrogens (tertiary/aromatic N) is 1. The monoisotopic (exact) mass is 393 g/mol. The summed E-state index contributed by atoms with van der Waals surface area (Å²) in [5, 5.41) is 0.508. The zero-order chi connectivity index (χ0) is 15.6. The average Bonchev–Trinajstić information content (AvgIpc) is 2.37. The molecule has 21 heavy (non-hydrogen) atoms. The second-order valence-corrected chi connectivity index (χ2v) is 8.75. The van der Waals surface area contributed by atoms with Crippen LogP contribution in [0.2, 0.25) is 5.02 Å². The van der Waals surface area contributed by atoms with Gasteiger partial charge in [0.1, 0.15) is 0 Å². The Bertz CT molecular complexity index is 627. The summed E-state index contributed by atoms with van der Waals surface area (Å²) in [6, 6.07) is 5.11. The molecule has 7 heteroatoms. The Morgan fingerprint density at radius 3 is 2.76 bits per heavy atom. The van der Waals surface area contributed by atoms with Crippen molar-refractivity contribution < 1.29 is 13.2 Å². The molecule has 0 saturated carbocycles. The van der Waals surface area contributed by atoms with E-state index >= 15 is 0 Å². The molecule has 0 aromatic heterocycles. The van der Waals surface area contributed by atoms with E-state index in [1.807, 2.05) is 0 Å². The molecule has 0 amide bonds. The summed E-state index contributed by atoms with van der Waals surface area (Å²) in [4.78, 5) is 12.3. The minimum absolute atomic E-state index is 0.00134. The lowest BCUT2D eigenvalue weighted by Crippen LogP contribution is -2.39. The van der Waals surface area contributed by atoms with Crippen LogP contribution in [0.3, 0.4) is 0 Å². The van der Waals surface area contributed by atoms with E-state index in [0.717, 1.165) is 17.3 Å². The van der Waals surface area contributed by atoms with Crippen molar-refractivity contribution in [3.8, 4) is 0 Å². The number of carbonyl (C=O) groups excluding carboxylic acids is 1. The summed E-state index contributed by atoms with van der Waals surface area (Å²) in [5.74, 6) is 0.0669. The molecule has 1 aliphatic rings. The van der Waals surface area contributed by atoms with Crippen molar-refractivity contribution in [3.05, 3.63) is 33.3 Å². The summed E-state index contributed by atoms with van der Waals surface area (Å²) in [5.41, 5.74) is 0.561. The Labute approximate surface area is 138 Å². The molecular weight excluding hydrogens is 378 g/mol. The fraction of sp³-hybridized carbons (Fsp3) is 0.500. The van der Waals surface area contributed by atoms with Crippen molar-refractivity contribution in [2.24, 2.45) is 5.92 Å². The number of halogens is 2. The van der Waals surface area contributed by atoms with Gasteiger partial charge >= 0.3 is 0 Å². The number of carbonyl (C=O) groups is 1. The molecule has 0 N–H and O–H groups in total. The summed E-state index contributed by atoms with van der Waals surface area (Å²) < 4.78 is 25.4. The van der Waals surface area contributed by atoms with Gasteiger partial charge in [-0.05, 0) is 37.0 Å². The quantitative estimate of drug-likeness (QED) is 0.736. The first-order valence-corrected chi connectivity index (χ1v) is 9.72. The molecule has 0 radical (unpaired) electrons. The van der Waals surface area contributed by atoms with Gasteiger partial charge in [0, 0.05) is 34.6 Å². The lowest BCUT2D eigenvalue weighted by Gasteiger charge is -2.30. The summed E-state index contributed by atoms with van der Waals surface area (Å²) in [6.45, 7) is 0.971. The SMILES string of the molecule is CS(=O)(=O)N1CCCC(CC(=O)c2cc(Cl)cc(Br)c2)C1. The number of hydrogen-bond acceptors (Lipinski definition) is 3. The molecule has 1 unspecified atom stereocenters. The first-order chi connectivity index (χ1) is 9.75. The zero-order valence-electron chi connectivity index (χ0n) is 11.7. The van der Waals surface area contributed by atoms with Crippen molar-refractivity contribution in [2.45, 2.75) is 19.3 Å². The number of hydrogen-bond donors (Lipinski definition) is 0. The maximum atomic E-state index is 12.3. The minimum Gasteiger partial charge on any atom is -0.294 e. The van der Waals surface area contributed by atoms with Crippen LogP contribution in [-0.4, -0.2) is 37.9 Å². The number of ketones is 1. The maximum Gasteiger partial charge on any atom is 0.211 e. The maximum absolute atomic E-state index is 12.3. The third-order valence-corrected chi connectivity index (χ3v) is 5.56. The van der Waals surface area contributed by atoms with E-state index in [1.165, 1.54) is 10.6 Å². The molecule has 2 rings (SSSR count). The highest BCUT2D eigenvalue weighted by Gasteiger charge is 2.27. The van der Waals surface area contributed by atoms with Crippen LogP contribution in [0, 0.1) is 5.92 Å². The molecule has 116 valence electrons. The Kier molecular flexibility index (Phi) is 5.46. The molecule has 1 aliphatic heterocycles. The fourth-order valence-corrected chi connectivity index (χ4v) is 4.39. The first-order valence-electron chi connectivity index (χ1n) is 6.70. The van der Waals surface area contributed by atoms with Gasteiger partial charge in [-0.2, -0.15) is 0 Å². The van der Waals surface area contributed by atoms with E-state index < -0.39 is 10.0 Å². The Balaban J connectivity index is 2.05. The first kappa shape index (κ1) is 16.9. The normalized spacial score (nSPS) is 20.4. The smallest absolute Gasteiger partial charge is 0.211 e.